The molecule has 0 fully saturated rings. The number of carboxylic acid groups (broad SMARTS) is 1. The van der Waals surface area contributed by atoms with Crippen LogP contribution in [0.2, 0.25) is 0 Å². The lowest BCUT2D eigenvalue weighted by Gasteiger charge is -2.02. The Morgan fingerprint density at radius 2 is 1.21 bits per heavy atom. The first-order valence-electron chi connectivity index (χ1n) is 11.7. The molecule has 0 spiro atoms. The lowest BCUT2D eigenvalue weighted by molar-refractivity contribution is -0.137. The number of unbranched alkanes of at least 4 members (excludes halogenated alkanes) is 12. The molecular formula is C24H48O4. The molecule has 0 saturated heterocycles. The predicted molar refractivity (Wildman–Crippen MR) is 120 cm³/mol. The van der Waals surface area contributed by atoms with E-state index in [2.05, 4.69) is 26.0 Å². The Balaban J connectivity index is 0. The Morgan fingerprint density at radius 3 is 1.68 bits per heavy atom. The summed E-state index contributed by atoms with van der Waals surface area (Å²) in [5.41, 5.74) is 0. The summed E-state index contributed by atoms with van der Waals surface area (Å²) >= 11 is 0. The molecule has 168 valence electrons. The number of carbonyl (C=O) groups is 1. The number of aliphatic hydroxyl groups is 2. The van der Waals surface area contributed by atoms with Crippen molar-refractivity contribution < 1.29 is 20.1 Å². The van der Waals surface area contributed by atoms with Crippen LogP contribution in [0.5, 0.6) is 0 Å². The molecule has 0 heterocycles. The van der Waals surface area contributed by atoms with Gasteiger partial charge in [0.25, 0.3) is 0 Å². The van der Waals surface area contributed by atoms with E-state index in [1.165, 1.54) is 70.6 Å². The van der Waals surface area contributed by atoms with Crippen molar-refractivity contribution in [2.24, 2.45) is 0 Å². The SMILES string of the molecule is CCCCC(O)CO.CCCCCCCC/C=C\CCCCCCCC(=O)O. The summed E-state index contributed by atoms with van der Waals surface area (Å²) < 4.78 is 0. The molecule has 0 bridgehead atoms. The second kappa shape index (κ2) is 26.1. The third-order valence-corrected chi connectivity index (χ3v) is 4.75. The average molecular weight is 401 g/mol. The van der Waals surface area contributed by atoms with Gasteiger partial charge in [-0.2, -0.15) is 0 Å². The average Bonchev–Trinajstić information content (AvgIpc) is 2.69. The van der Waals surface area contributed by atoms with Crippen molar-refractivity contribution >= 4 is 5.97 Å². The molecular weight excluding hydrogens is 352 g/mol. The van der Waals surface area contributed by atoms with Gasteiger partial charge in [0.15, 0.2) is 0 Å². The summed E-state index contributed by atoms with van der Waals surface area (Å²) in [7, 11) is 0. The highest BCUT2D eigenvalue weighted by molar-refractivity contribution is 5.66. The van der Waals surface area contributed by atoms with E-state index < -0.39 is 12.1 Å². The summed E-state index contributed by atoms with van der Waals surface area (Å²) in [4.78, 5) is 10.3. The van der Waals surface area contributed by atoms with Crippen LogP contribution in [0.25, 0.3) is 0 Å². The van der Waals surface area contributed by atoms with Crippen LogP contribution in [0.15, 0.2) is 12.2 Å². The number of allylic oxidation sites excluding steroid dienone is 2. The maximum absolute atomic E-state index is 10.3. The maximum Gasteiger partial charge on any atom is 0.303 e. The van der Waals surface area contributed by atoms with E-state index in [1.54, 1.807) is 0 Å². The minimum atomic E-state index is -0.664. The summed E-state index contributed by atoms with van der Waals surface area (Å²) in [6.45, 7) is 4.22. The summed E-state index contributed by atoms with van der Waals surface area (Å²) in [6.07, 6.45) is 23.6. The van der Waals surface area contributed by atoms with Gasteiger partial charge < -0.3 is 15.3 Å². The van der Waals surface area contributed by atoms with Crippen LogP contribution >= 0.6 is 0 Å². The molecule has 0 aromatic heterocycles. The summed E-state index contributed by atoms with van der Waals surface area (Å²) in [5, 5.41) is 25.6. The fourth-order valence-electron chi connectivity index (χ4n) is 2.88. The van der Waals surface area contributed by atoms with Gasteiger partial charge in [-0.3, -0.25) is 4.79 Å². The molecule has 0 aromatic rings. The van der Waals surface area contributed by atoms with Crippen LogP contribution in [0.3, 0.4) is 0 Å². The smallest absolute Gasteiger partial charge is 0.303 e. The molecule has 0 aliphatic rings. The quantitative estimate of drug-likeness (QED) is 0.168. The Bertz CT molecular complexity index is 329. The zero-order valence-electron chi connectivity index (χ0n) is 18.7. The third-order valence-electron chi connectivity index (χ3n) is 4.75. The second-order valence-corrected chi connectivity index (χ2v) is 7.71. The van der Waals surface area contributed by atoms with E-state index in [9.17, 15) is 4.79 Å². The molecule has 1 atom stereocenters. The van der Waals surface area contributed by atoms with E-state index in [0.717, 1.165) is 32.1 Å². The Labute approximate surface area is 174 Å². The van der Waals surface area contributed by atoms with Crippen LogP contribution in [0.4, 0.5) is 0 Å². The highest BCUT2D eigenvalue weighted by Crippen LogP contribution is 2.09. The second-order valence-electron chi connectivity index (χ2n) is 7.71. The van der Waals surface area contributed by atoms with Crippen molar-refractivity contribution in [1.82, 2.24) is 0 Å². The molecule has 3 N–H and O–H groups in total. The molecule has 0 rings (SSSR count). The van der Waals surface area contributed by atoms with Crippen LogP contribution in [0, 0.1) is 0 Å². The first kappa shape index (κ1) is 29.3. The Morgan fingerprint density at radius 1 is 0.750 bits per heavy atom. The fraction of sp³-hybridized carbons (Fsp3) is 0.875. The number of rotatable bonds is 19. The van der Waals surface area contributed by atoms with Crippen molar-refractivity contribution in [3.63, 3.8) is 0 Å². The number of carboxylic acids is 1. The molecule has 4 nitrogen and oxygen atoms in total. The van der Waals surface area contributed by atoms with Gasteiger partial charge in [0.05, 0.1) is 12.7 Å². The van der Waals surface area contributed by atoms with Crippen molar-refractivity contribution in [1.29, 1.82) is 0 Å². The molecule has 0 amide bonds. The topological polar surface area (TPSA) is 77.8 Å². The van der Waals surface area contributed by atoms with Gasteiger partial charge in [0, 0.05) is 6.42 Å². The van der Waals surface area contributed by atoms with Gasteiger partial charge >= 0.3 is 5.97 Å². The minimum absolute atomic E-state index is 0.0972. The summed E-state index contributed by atoms with van der Waals surface area (Å²) in [5.74, 6) is -0.664. The summed E-state index contributed by atoms with van der Waals surface area (Å²) in [6, 6.07) is 0. The van der Waals surface area contributed by atoms with Crippen molar-refractivity contribution in [3.05, 3.63) is 12.2 Å². The normalized spacial score (nSPS) is 12.0. The van der Waals surface area contributed by atoms with Gasteiger partial charge in [-0.25, -0.2) is 0 Å². The van der Waals surface area contributed by atoms with Crippen LogP contribution in [-0.4, -0.2) is 34.0 Å². The number of hydrogen-bond acceptors (Lipinski definition) is 3. The van der Waals surface area contributed by atoms with Gasteiger partial charge in [-0.15, -0.1) is 0 Å². The Hall–Kier alpha value is -0.870. The lowest BCUT2D eigenvalue weighted by atomic mass is 10.1. The van der Waals surface area contributed by atoms with Crippen LogP contribution < -0.4 is 0 Å². The van der Waals surface area contributed by atoms with E-state index in [0.29, 0.717) is 6.42 Å². The van der Waals surface area contributed by atoms with Gasteiger partial charge in [-0.05, 0) is 38.5 Å². The molecule has 4 heteroatoms. The van der Waals surface area contributed by atoms with Crippen molar-refractivity contribution in [2.45, 2.75) is 129 Å². The predicted octanol–water partition coefficient (Wildman–Crippen LogP) is 6.64. The lowest BCUT2D eigenvalue weighted by Crippen LogP contribution is -2.10. The maximum atomic E-state index is 10.3. The highest BCUT2D eigenvalue weighted by atomic mass is 16.4. The van der Waals surface area contributed by atoms with E-state index in [-0.39, 0.29) is 6.61 Å². The zero-order valence-corrected chi connectivity index (χ0v) is 18.7. The number of aliphatic hydroxyl groups excluding tert-OH is 2. The number of hydrogen-bond donors (Lipinski definition) is 3. The van der Waals surface area contributed by atoms with Crippen LogP contribution in [-0.2, 0) is 4.79 Å². The van der Waals surface area contributed by atoms with Gasteiger partial charge in [0.2, 0.25) is 0 Å². The van der Waals surface area contributed by atoms with Gasteiger partial charge in [0.1, 0.15) is 0 Å². The first-order valence-corrected chi connectivity index (χ1v) is 11.7. The molecule has 0 radical (unpaired) electrons. The van der Waals surface area contributed by atoms with Crippen molar-refractivity contribution in [2.75, 3.05) is 6.61 Å². The molecule has 0 aliphatic heterocycles. The van der Waals surface area contributed by atoms with Crippen molar-refractivity contribution in [3.8, 4) is 0 Å². The molecule has 0 saturated carbocycles. The monoisotopic (exact) mass is 400 g/mol. The number of aliphatic carboxylic acids is 1. The largest absolute Gasteiger partial charge is 0.481 e. The zero-order chi connectivity index (χ0) is 21.3. The fourth-order valence-corrected chi connectivity index (χ4v) is 2.88. The molecule has 0 aliphatic carbocycles. The van der Waals surface area contributed by atoms with Crippen LogP contribution in [0.1, 0.15) is 123 Å². The standard InChI is InChI=1S/C18H34O2.C6H14O2/c1-2-3-4-5-6-7-8-9-10-11-12-13-14-15-16-17-18(19)20;1-2-3-4-6(8)5-7/h9-10H,2-8,11-17H2,1H3,(H,19,20);6-8H,2-5H2,1H3/b10-9-;. The molecule has 28 heavy (non-hydrogen) atoms. The van der Waals surface area contributed by atoms with E-state index in [1.807, 2.05) is 0 Å². The van der Waals surface area contributed by atoms with Gasteiger partial charge in [-0.1, -0.05) is 90.2 Å². The molecule has 0 aromatic carbocycles. The minimum Gasteiger partial charge on any atom is -0.481 e. The van der Waals surface area contributed by atoms with E-state index in [4.69, 9.17) is 15.3 Å². The Kier molecular flexibility index (Phi) is 27.4. The highest BCUT2D eigenvalue weighted by Gasteiger charge is 1.98. The first-order chi connectivity index (χ1) is 13.6. The third kappa shape index (κ3) is 29.9. The molecule has 1 unspecified atom stereocenters. The van der Waals surface area contributed by atoms with E-state index >= 15 is 0 Å².